The number of H-pyrrole nitrogens is 1. The topological polar surface area (TPSA) is 133 Å². The van der Waals surface area contributed by atoms with Crippen molar-refractivity contribution in [3.8, 4) is 11.6 Å². The standard InChI is InChI=1S/C22H25Cl2N5O6/c1-11(2)13-9-17(26-28(6)19(13)30)33-18-14(23)7-12(8-15(18)24)29(21(32)34-22(3,4)5)10-16-25-20(31)35-27-16/h7-9,11H,10H2,1-6H3,(H,25,27,31). The van der Waals surface area contributed by atoms with Gasteiger partial charge in [-0.3, -0.25) is 19.2 Å². The van der Waals surface area contributed by atoms with Gasteiger partial charge in [-0.2, -0.15) is 0 Å². The number of carbonyl (C=O) groups excluding carboxylic acids is 1. The smallest absolute Gasteiger partial charge is 0.438 e. The predicted octanol–water partition coefficient (Wildman–Crippen LogP) is 4.62. The molecule has 0 spiro atoms. The fourth-order valence-electron chi connectivity index (χ4n) is 3.03. The summed E-state index contributed by atoms with van der Waals surface area (Å²) in [5.74, 6) is -0.537. The van der Waals surface area contributed by atoms with Crippen LogP contribution in [0.15, 0.2) is 32.3 Å². The van der Waals surface area contributed by atoms with Crippen LogP contribution in [0.4, 0.5) is 10.5 Å². The third kappa shape index (κ3) is 6.43. The van der Waals surface area contributed by atoms with E-state index in [0.717, 1.165) is 0 Å². The molecule has 1 N–H and O–H groups in total. The molecule has 35 heavy (non-hydrogen) atoms. The Kier molecular flexibility index (Phi) is 7.61. The van der Waals surface area contributed by atoms with E-state index in [1.54, 1.807) is 20.8 Å². The third-order valence-corrected chi connectivity index (χ3v) is 5.16. The summed E-state index contributed by atoms with van der Waals surface area (Å²) >= 11 is 12.9. The molecule has 1 aromatic carbocycles. The Morgan fingerprint density at radius 1 is 1.20 bits per heavy atom. The molecule has 0 bridgehead atoms. The van der Waals surface area contributed by atoms with Crippen molar-refractivity contribution in [1.29, 1.82) is 0 Å². The van der Waals surface area contributed by atoms with Gasteiger partial charge in [0.25, 0.3) is 5.56 Å². The van der Waals surface area contributed by atoms with E-state index in [4.69, 9.17) is 32.7 Å². The summed E-state index contributed by atoms with van der Waals surface area (Å²) < 4.78 is 17.0. The van der Waals surface area contributed by atoms with E-state index in [-0.39, 0.29) is 51.2 Å². The summed E-state index contributed by atoms with van der Waals surface area (Å²) in [5, 5.41) is 7.83. The molecule has 0 atom stereocenters. The number of halogens is 2. The lowest BCUT2D eigenvalue weighted by Crippen LogP contribution is -2.37. The number of carbonyl (C=O) groups is 1. The van der Waals surface area contributed by atoms with Crippen LogP contribution < -0.4 is 21.0 Å². The van der Waals surface area contributed by atoms with Crippen LogP contribution in [-0.4, -0.2) is 31.6 Å². The van der Waals surface area contributed by atoms with Crippen LogP contribution in [0.3, 0.4) is 0 Å². The molecule has 0 radical (unpaired) electrons. The first-order valence-electron chi connectivity index (χ1n) is 10.6. The Hall–Kier alpha value is -3.31. The molecule has 0 aliphatic heterocycles. The van der Waals surface area contributed by atoms with Crippen molar-refractivity contribution < 1.29 is 18.8 Å². The first-order valence-corrected chi connectivity index (χ1v) is 11.3. The minimum absolute atomic E-state index is 0.0577. The predicted molar refractivity (Wildman–Crippen MR) is 130 cm³/mol. The van der Waals surface area contributed by atoms with Gasteiger partial charge in [-0.15, -0.1) is 5.10 Å². The van der Waals surface area contributed by atoms with Crippen molar-refractivity contribution in [2.45, 2.75) is 52.7 Å². The lowest BCUT2D eigenvalue weighted by atomic mass is 10.1. The van der Waals surface area contributed by atoms with Gasteiger partial charge in [0.2, 0.25) is 5.88 Å². The molecule has 0 unspecified atom stereocenters. The highest BCUT2D eigenvalue weighted by molar-refractivity contribution is 6.37. The van der Waals surface area contributed by atoms with Gasteiger partial charge in [-0.1, -0.05) is 42.2 Å². The van der Waals surface area contributed by atoms with E-state index in [2.05, 4.69) is 19.8 Å². The first kappa shape index (κ1) is 26.3. The molecule has 11 nitrogen and oxygen atoms in total. The van der Waals surface area contributed by atoms with Crippen LogP contribution in [0.25, 0.3) is 0 Å². The summed E-state index contributed by atoms with van der Waals surface area (Å²) in [5.41, 5.74) is -0.272. The number of hydrogen-bond acceptors (Lipinski definition) is 8. The molecule has 0 aliphatic carbocycles. The quantitative estimate of drug-likeness (QED) is 0.492. The highest BCUT2D eigenvalue weighted by Gasteiger charge is 2.27. The van der Waals surface area contributed by atoms with E-state index in [9.17, 15) is 14.4 Å². The number of rotatable bonds is 6. The molecular formula is C22H25Cl2N5O6. The van der Waals surface area contributed by atoms with Gasteiger partial charge in [0.15, 0.2) is 11.6 Å². The summed E-state index contributed by atoms with van der Waals surface area (Å²) in [4.78, 5) is 40.1. The second-order valence-corrected chi connectivity index (χ2v) is 9.78. The molecule has 2 aromatic heterocycles. The number of aromatic nitrogens is 4. The number of anilines is 1. The van der Waals surface area contributed by atoms with Gasteiger partial charge in [-0.05, 0) is 38.8 Å². The number of benzene rings is 1. The summed E-state index contributed by atoms with van der Waals surface area (Å²) in [6, 6.07) is 4.41. The molecular weight excluding hydrogens is 501 g/mol. The Bertz CT molecular complexity index is 1330. The van der Waals surface area contributed by atoms with E-state index < -0.39 is 17.5 Å². The molecule has 3 rings (SSSR count). The number of aromatic amines is 1. The molecule has 3 aromatic rings. The minimum Gasteiger partial charge on any atom is -0.443 e. The maximum atomic E-state index is 12.9. The second kappa shape index (κ2) is 10.1. The zero-order valence-electron chi connectivity index (χ0n) is 20.0. The Balaban J connectivity index is 1.99. The third-order valence-electron chi connectivity index (χ3n) is 4.60. The molecule has 0 saturated heterocycles. The van der Waals surface area contributed by atoms with Crippen LogP contribution in [0.5, 0.6) is 11.6 Å². The van der Waals surface area contributed by atoms with Crippen LogP contribution in [0, 0.1) is 0 Å². The number of nitrogens with one attached hydrogen (secondary N) is 1. The van der Waals surface area contributed by atoms with Gasteiger partial charge in [0, 0.05) is 18.7 Å². The van der Waals surface area contributed by atoms with E-state index in [0.29, 0.717) is 5.56 Å². The fraction of sp³-hybridized carbons (Fsp3) is 0.409. The Labute approximate surface area is 210 Å². The summed E-state index contributed by atoms with van der Waals surface area (Å²) in [6.07, 6.45) is -0.733. The van der Waals surface area contributed by atoms with Crippen LogP contribution in [0.1, 0.15) is 51.9 Å². The molecule has 13 heteroatoms. The monoisotopic (exact) mass is 525 g/mol. The van der Waals surface area contributed by atoms with Gasteiger partial charge in [0.05, 0.1) is 22.3 Å². The lowest BCUT2D eigenvalue weighted by molar-refractivity contribution is 0.0576. The van der Waals surface area contributed by atoms with Gasteiger partial charge < -0.3 is 9.47 Å². The maximum absolute atomic E-state index is 12.9. The highest BCUT2D eigenvalue weighted by Crippen LogP contribution is 2.40. The average Bonchev–Trinajstić information content (AvgIpc) is 3.14. The van der Waals surface area contributed by atoms with Crippen molar-refractivity contribution >= 4 is 35.0 Å². The minimum atomic E-state index is -0.799. The van der Waals surface area contributed by atoms with Crippen LogP contribution >= 0.6 is 23.2 Å². The van der Waals surface area contributed by atoms with Gasteiger partial charge >= 0.3 is 11.8 Å². The molecule has 188 valence electrons. The molecule has 0 fully saturated rings. The molecule has 1 amide bonds. The number of hydrogen-bond donors (Lipinski definition) is 1. The zero-order chi connectivity index (χ0) is 26.1. The normalized spacial score (nSPS) is 11.6. The van der Waals surface area contributed by atoms with Crippen molar-refractivity contribution in [2.75, 3.05) is 4.90 Å². The van der Waals surface area contributed by atoms with Crippen LogP contribution in [-0.2, 0) is 18.3 Å². The maximum Gasteiger partial charge on any atom is 0.438 e. The van der Waals surface area contributed by atoms with Crippen molar-refractivity contribution in [1.82, 2.24) is 19.9 Å². The van der Waals surface area contributed by atoms with Crippen molar-refractivity contribution in [3.63, 3.8) is 0 Å². The Morgan fingerprint density at radius 3 is 2.34 bits per heavy atom. The number of aryl methyl sites for hydroxylation is 1. The van der Waals surface area contributed by atoms with E-state index >= 15 is 0 Å². The fourth-order valence-corrected chi connectivity index (χ4v) is 3.58. The summed E-state index contributed by atoms with van der Waals surface area (Å²) in [7, 11) is 1.51. The largest absolute Gasteiger partial charge is 0.443 e. The van der Waals surface area contributed by atoms with E-state index in [1.807, 2.05) is 13.8 Å². The van der Waals surface area contributed by atoms with E-state index in [1.165, 1.54) is 34.8 Å². The van der Waals surface area contributed by atoms with Crippen molar-refractivity contribution in [2.24, 2.45) is 7.05 Å². The number of nitrogens with zero attached hydrogens (tertiary/aromatic N) is 4. The molecule has 2 heterocycles. The van der Waals surface area contributed by atoms with Crippen LogP contribution in [0.2, 0.25) is 10.0 Å². The van der Waals surface area contributed by atoms with Crippen molar-refractivity contribution in [3.05, 3.63) is 60.5 Å². The second-order valence-electron chi connectivity index (χ2n) is 8.97. The highest BCUT2D eigenvalue weighted by atomic mass is 35.5. The zero-order valence-corrected chi connectivity index (χ0v) is 21.5. The average molecular weight is 526 g/mol. The number of ether oxygens (including phenoxy) is 2. The number of amides is 1. The lowest BCUT2D eigenvalue weighted by Gasteiger charge is -2.27. The SMILES string of the molecule is CC(C)c1cc(Oc2c(Cl)cc(N(Cc3noc(=O)[nH]3)C(=O)OC(C)(C)C)cc2Cl)nn(C)c1=O. The first-order chi connectivity index (χ1) is 16.2. The summed E-state index contributed by atoms with van der Waals surface area (Å²) in [6.45, 7) is 8.70. The van der Waals surface area contributed by atoms with Gasteiger partial charge in [0.1, 0.15) is 5.60 Å². The molecule has 0 aliphatic rings. The Morgan fingerprint density at radius 2 is 1.83 bits per heavy atom. The van der Waals surface area contributed by atoms with Gasteiger partial charge in [-0.25, -0.2) is 14.3 Å². The molecule has 0 saturated carbocycles.